The van der Waals surface area contributed by atoms with Crippen LogP contribution in [0.15, 0.2) is 53.6 Å². The summed E-state index contributed by atoms with van der Waals surface area (Å²) in [4.78, 5) is 30.5. The molecule has 8 nitrogen and oxygen atoms in total. The molecule has 2 heterocycles. The molecule has 1 fully saturated rings. The topological polar surface area (TPSA) is 77.5 Å². The van der Waals surface area contributed by atoms with Crippen LogP contribution < -0.4 is 5.32 Å². The molecule has 198 valence electrons. The zero-order valence-electron chi connectivity index (χ0n) is 21.0. The summed E-state index contributed by atoms with van der Waals surface area (Å²) in [6.07, 6.45) is 1.28. The van der Waals surface area contributed by atoms with Crippen LogP contribution in [0, 0.1) is 0 Å². The maximum absolute atomic E-state index is 13.7. The second-order valence-electron chi connectivity index (χ2n) is 9.11. The van der Waals surface area contributed by atoms with Crippen LogP contribution >= 0.6 is 23.2 Å². The van der Waals surface area contributed by atoms with Crippen LogP contribution in [0.1, 0.15) is 36.9 Å². The van der Waals surface area contributed by atoms with Crippen molar-refractivity contribution >= 4 is 40.9 Å². The Hall–Kier alpha value is -2.65. The number of amides is 3. The number of rotatable bonds is 9. The highest BCUT2D eigenvalue weighted by Gasteiger charge is 2.36. The van der Waals surface area contributed by atoms with Crippen LogP contribution in [0.3, 0.4) is 0 Å². The number of morpholine rings is 1. The summed E-state index contributed by atoms with van der Waals surface area (Å²) >= 11 is 13.0. The molecule has 3 amide bonds. The van der Waals surface area contributed by atoms with Gasteiger partial charge in [-0.25, -0.2) is 9.80 Å². The van der Waals surface area contributed by atoms with E-state index in [2.05, 4.69) is 10.2 Å². The number of nitrogens with zero attached hydrogens (tertiary/aromatic N) is 4. The fourth-order valence-corrected chi connectivity index (χ4v) is 5.01. The summed E-state index contributed by atoms with van der Waals surface area (Å²) in [7, 11) is 0. The quantitative estimate of drug-likeness (QED) is 0.505. The number of ether oxygens (including phenoxy) is 1. The number of carbonyl (C=O) groups is 2. The Morgan fingerprint density at radius 1 is 1.08 bits per heavy atom. The summed E-state index contributed by atoms with van der Waals surface area (Å²) < 4.78 is 5.43. The minimum atomic E-state index is -0.396. The van der Waals surface area contributed by atoms with Crippen molar-refractivity contribution in [3.05, 3.63) is 69.7 Å². The van der Waals surface area contributed by atoms with Crippen molar-refractivity contribution in [1.82, 2.24) is 20.1 Å². The van der Waals surface area contributed by atoms with Crippen molar-refractivity contribution < 1.29 is 14.3 Å². The molecular formula is C27H33Cl2N5O3. The van der Waals surface area contributed by atoms with Gasteiger partial charge in [0.05, 0.1) is 25.0 Å². The molecule has 2 aliphatic heterocycles. The first-order valence-corrected chi connectivity index (χ1v) is 13.4. The van der Waals surface area contributed by atoms with Gasteiger partial charge < -0.3 is 15.0 Å². The molecule has 0 spiro atoms. The highest BCUT2D eigenvalue weighted by molar-refractivity contribution is 6.34. The van der Waals surface area contributed by atoms with Gasteiger partial charge >= 0.3 is 6.03 Å². The molecule has 10 heteroatoms. The molecule has 0 aliphatic carbocycles. The van der Waals surface area contributed by atoms with E-state index in [1.54, 1.807) is 17.0 Å². The highest BCUT2D eigenvalue weighted by Crippen LogP contribution is 2.37. The van der Waals surface area contributed by atoms with Gasteiger partial charge in [0.2, 0.25) is 0 Å². The van der Waals surface area contributed by atoms with Crippen molar-refractivity contribution in [3.63, 3.8) is 0 Å². The van der Waals surface area contributed by atoms with Gasteiger partial charge in [0.15, 0.2) is 0 Å². The Morgan fingerprint density at radius 3 is 2.49 bits per heavy atom. The molecule has 1 saturated heterocycles. The minimum Gasteiger partial charge on any atom is -0.379 e. The first-order valence-electron chi connectivity index (χ1n) is 12.7. The van der Waals surface area contributed by atoms with Gasteiger partial charge in [-0.2, -0.15) is 5.10 Å². The third kappa shape index (κ3) is 7.02. The van der Waals surface area contributed by atoms with Gasteiger partial charge in [-0.05, 0) is 24.1 Å². The van der Waals surface area contributed by atoms with E-state index in [4.69, 9.17) is 33.0 Å². The lowest BCUT2D eigenvalue weighted by molar-refractivity contribution is -0.133. The van der Waals surface area contributed by atoms with E-state index in [0.717, 1.165) is 30.6 Å². The lowest BCUT2D eigenvalue weighted by Gasteiger charge is -2.31. The van der Waals surface area contributed by atoms with E-state index in [1.807, 2.05) is 43.3 Å². The normalized spacial score (nSPS) is 18.0. The van der Waals surface area contributed by atoms with Gasteiger partial charge in [-0.3, -0.25) is 9.69 Å². The summed E-state index contributed by atoms with van der Waals surface area (Å²) in [6.45, 7) is 6.50. The standard InChI is InChI=1S/C27H33Cl2N5O3/c1-2-11-30-27(36)33(13-12-32-14-16-37-17-15-32)19-26(35)34-25(21-8-4-6-10-23(21)29)18-24(31-34)20-7-3-5-9-22(20)28/h3-10,25H,2,11-19H2,1H3,(H,30,36)/t25-/m0/s1. The molecule has 0 radical (unpaired) electrons. The average Bonchev–Trinajstić information content (AvgIpc) is 3.35. The Labute approximate surface area is 228 Å². The lowest BCUT2D eigenvalue weighted by atomic mass is 9.98. The lowest BCUT2D eigenvalue weighted by Crippen LogP contribution is -2.49. The fraction of sp³-hybridized carbons (Fsp3) is 0.444. The van der Waals surface area contributed by atoms with Crippen molar-refractivity contribution in [2.45, 2.75) is 25.8 Å². The van der Waals surface area contributed by atoms with Crippen molar-refractivity contribution in [3.8, 4) is 0 Å². The maximum Gasteiger partial charge on any atom is 0.317 e. The van der Waals surface area contributed by atoms with Crippen LogP contribution in [-0.2, 0) is 9.53 Å². The number of hydrogen-bond acceptors (Lipinski definition) is 5. The van der Waals surface area contributed by atoms with Crippen LogP contribution in [0.5, 0.6) is 0 Å². The molecular weight excluding hydrogens is 513 g/mol. The van der Waals surface area contributed by atoms with Gasteiger partial charge in [0.1, 0.15) is 6.54 Å². The van der Waals surface area contributed by atoms with E-state index in [-0.39, 0.29) is 18.5 Å². The van der Waals surface area contributed by atoms with E-state index in [1.165, 1.54) is 5.01 Å². The number of hydrazone groups is 1. The zero-order chi connectivity index (χ0) is 26.2. The Balaban J connectivity index is 1.57. The first kappa shape index (κ1) is 27.4. The van der Waals surface area contributed by atoms with Crippen molar-refractivity contribution in [1.29, 1.82) is 0 Å². The summed E-state index contributed by atoms with van der Waals surface area (Å²) in [5, 5.41) is 10.2. The molecule has 0 saturated carbocycles. The Morgan fingerprint density at radius 2 is 1.78 bits per heavy atom. The number of hydrogen-bond donors (Lipinski definition) is 1. The second-order valence-corrected chi connectivity index (χ2v) is 9.93. The number of halogens is 2. The van der Waals surface area contributed by atoms with Gasteiger partial charge in [0.25, 0.3) is 5.91 Å². The fourth-order valence-electron chi connectivity index (χ4n) is 4.50. The van der Waals surface area contributed by atoms with Crippen LogP contribution in [-0.4, -0.2) is 84.9 Å². The third-order valence-corrected chi connectivity index (χ3v) is 7.22. The van der Waals surface area contributed by atoms with Crippen LogP contribution in [0.4, 0.5) is 4.79 Å². The maximum atomic E-state index is 13.7. The first-order chi connectivity index (χ1) is 18.0. The van der Waals surface area contributed by atoms with E-state index in [0.29, 0.717) is 55.0 Å². The van der Waals surface area contributed by atoms with Gasteiger partial charge in [0, 0.05) is 54.8 Å². The largest absolute Gasteiger partial charge is 0.379 e. The Bertz CT molecular complexity index is 1120. The van der Waals surface area contributed by atoms with Gasteiger partial charge in [-0.15, -0.1) is 0 Å². The number of benzene rings is 2. The molecule has 0 bridgehead atoms. The summed E-state index contributed by atoms with van der Waals surface area (Å²) in [5.41, 5.74) is 2.29. The van der Waals surface area contributed by atoms with Crippen molar-refractivity contribution in [2.24, 2.45) is 5.10 Å². The Kier molecular flexibility index (Phi) is 9.80. The number of carbonyl (C=O) groups excluding carboxylic acids is 2. The van der Waals surface area contributed by atoms with E-state index in [9.17, 15) is 9.59 Å². The van der Waals surface area contributed by atoms with E-state index >= 15 is 0 Å². The number of nitrogens with one attached hydrogen (secondary N) is 1. The minimum absolute atomic E-state index is 0.0971. The van der Waals surface area contributed by atoms with Gasteiger partial charge in [-0.1, -0.05) is 66.5 Å². The predicted octanol–water partition coefficient (Wildman–Crippen LogP) is 4.42. The summed E-state index contributed by atoms with van der Waals surface area (Å²) in [5.74, 6) is -0.277. The molecule has 1 N–H and O–H groups in total. The monoisotopic (exact) mass is 545 g/mol. The molecule has 2 aliphatic rings. The molecule has 2 aromatic rings. The summed E-state index contributed by atoms with van der Waals surface area (Å²) in [6, 6.07) is 14.3. The van der Waals surface area contributed by atoms with Crippen LogP contribution in [0.25, 0.3) is 0 Å². The predicted molar refractivity (Wildman–Crippen MR) is 146 cm³/mol. The smallest absolute Gasteiger partial charge is 0.317 e. The van der Waals surface area contributed by atoms with Crippen LogP contribution in [0.2, 0.25) is 10.0 Å². The highest BCUT2D eigenvalue weighted by atomic mass is 35.5. The second kappa shape index (κ2) is 13.2. The zero-order valence-corrected chi connectivity index (χ0v) is 22.5. The van der Waals surface area contributed by atoms with Crippen molar-refractivity contribution in [2.75, 3.05) is 52.5 Å². The molecule has 2 aromatic carbocycles. The average molecular weight is 546 g/mol. The SMILES string of the molecule is CCCNC(=O)N(CCN1CCOCC1)CC(=O)N1N=C(c2ccccc2Cl)C[C@H]1c1ccccc1Cl. The number of urea groups is 1. The molecule has 37 heavy (non-hydrogen) atoms. The molecule has 0 unspecified atom stereocenters. The molecule has 4 rings (SSSR count). The third-order valence-electron chi connectivity index (χ3n) is 6.54. The van der Waals surface area contributed by atoms with E-state index < -0.39 is 6.04 Å². The molecule has 1 atom stereocenters. The molecule has 0 aromatic heterocycles.